The molecule has 240 valence electrons. The molecule has 7 nitrogen and oxygen atoms in total. The van der Waals surface area contributed by atoms with Gasteiger partial charge in [-0.15, -0.1) is 0 Å². The average Bonchev–Trinajstić information content (AvgIpc) is 2.97. The number of ether oxygens (including phenoxy) is 4. The van der Waals surface area contributed by atoms with E-state index in [1.807, 2.05) is 0 Å². The quantitative estimate of drug-likeness (QED) is 0.0725. The van der Waals surface area contributed by atoms with Crippen molar-refractivity contribution < 1.29 is 23.7 Å². The molecule has 4 atom stereocenters. The van der Waals surface area contributed by atoms with Crippen molar-refractivity contribution in [2.24, 2.45) is 11.8 Å². The van der Waals surface area contributed by atoms with Gasteiger partial charge in [-0.3, -0.25) is 0 Å². The Morgan fingerprint density at radius 3 is 1.15 bits per heavy atom. The van der Waals surface area contributed by atoms with Crippen molar-refractivity contribution in [1.82, 2.24) is 10.6 Å². The van der Waals surface area contributed by atoms with Gasteiger partial charge in [-0.05, 0) is 51.4 Å². The van der Waals surface area contributed by atoms with Crippen LogP contribution in [-0.4, -0.2) is 59.1 Å². The highest BCUT2D eigenvalue weighted by atomic mass is 16.7. The first kappa shape index (κ1) is 39.1. The van der Waals surface area contributed by atoms with Crippen molar-refractivity contribution in [2.45, 2.75) is 168 Å². The molecule has 0 aliphatic carbocycles. The number of carbonyl (C=O) groups excluding carboxylic acids is 1. The summed E-state index contributed by atoms with van der Waals surface area (Å²) in [4.78, 5) is 13.0. The Labute approximate surface area is 248 Å². The van der Waals surface area contributed by atoms with E-state index in [0.29, 0.717) is 11.8 Å². The number of methoxy groups -OCH3 is 4. The molecule has 0 aromatic heterocycles. The maximum atomic E-state index is 13.0. The molecule has 0 rings (SSSR count). The molecule has 2 N–H and O–H groups in total. The topological polar surface area (TPSA) is 78.1 Å². The van der Waals surface area contributed by atoms with E-state index in [0.717, 1.165) is 51.4 Å². The van der Waals surface area contributed by atoms with Gasteiger partial charge in [0.15, 0.2) is 12.6 Å². The Hall–Kier alpha value is -0.890. The standard InChI is InChI=1S/C33H68N2O5/c1-9-13-15-17-19-21-27(31(37-5)38-6)23-25-29(11-3)34-33(36)35-30(12-4)26-24-28(32(39-7)40-8)22-20-18-16-14-10-2/h27-32H,9-26H2,1-8H3,(H2,34,35,36). The predicted octanol–water partition coefficient (Wildman–Crippen LogP) is 8.59. The fraction of sp³-hybridized carbons (Fsp3) is 0.970. The highest BCUT2D eigenvalue weighted by Gasteiger charge is 2.24. The fourth-order valence-electron chi connectivity index (χ4n) is 5.82. The minimum atomic E-state index is -0.190. The molecule has 4 unspecified atom stereocenters. The second-order valence-corrected chi connectivity index (χ2v) is 11.6. The molecule has 7 heteroatoms. The van der Waals surface area contributed by atoms with E-state index in [-0.39, 0.29) is 30.7 Å². The SMILES string of the molecule is CCCCCCCC(CCC(CC)NC(=O)NC(CC)CCC(CCCCCCC)C(OC)OC)C(OC)OC. The summed E-state index contributed by atoms with van der Waals surface area (Å²) in [5.74, 6) is 0.680. The fourth-order valence-corrected chi connectivity index (χ4v) is 5.82. The van der Waals surface area contributed by atoms with Crippen molar-refractivity contribution in [1.29, 1.82) is 0 Å². The second kappa shape index (κ2) is 27.0. The maximum Gasteiger partial charge on any atom is 0.315 e. The number of urea groups is 1. The third-order valence-electron chi connectivity index (χ3n) is 8.48. The van der Waals surface area contributed by atoms with Crippen LogP contribution >= 0.6 is 0 Å². The van der Waals surface area contributed by atoms with Gasteiger partial charge in [0.1, 0.15) is 0 Å². The van der Waals surface area contributed by atoms with E-state index >= 15 is 0 Å². The summed E-state index contributed by atoms with van der Waals surface area (Å²) in [6.07, 6.45) is 20.1. The number of unbranched alkanes of at least 4 members (excludes halogenated alkanes) is 8. The molecule has 0 heterocycles. The number of nitrogens with one attached hydrogen (secondary N) is 2. The summed E-state index contributed by atoms with van der Waals surface area (Å²) >= 11 is 0. The Kier molecular flexibility index (Phi) is 26.4. The Bertz CT molecular complexity index is 511. The third kappa shape index (κ3) is 18.5. The summed E-state index contributed by atoms with van der Waals surface area (Å²) < 4.78 is 22.5. The summed E-state index contributed by atoms with van der Waals surface area (Å²) in [5.41, 5.74) is 0. The first-order valence-electron chi connectivity index (χ1n) is 16.6. The molecule has 0 spiro atoms. The van der Waals surface area contributed by atoms with Crippen LogP contribution in [0.5, 0.6) is 0 Å². The molecule has 0 saturated carbocycles. The smallest absolute Gasteiger partial charge is 0.315 e. The lowest BCUT2D eigenvalue weighted by atomic mass is 9.92. The van der Waals surface area contributed by atoms with E-state index in [1.165, 1.54) is 64.2 Å². The van der Waals surface area contributed by atoms with Crippen LogP contribution in [-0.2, 0) is 18.9 Å². The van der Waals surface area contributed by atoms with Crippen LogP contribution in [0.25, 0.3) is 0 Å². The van der Waals surface area contributed by atoms with E-state index in [9.17, 15) is 4.79 Å². The van der Waals surface area contributed by atoms with Crippen molar-refractivity contribution in [3.05, 3.63) is 0 Å². The van der Waals surface area contributed by atoms with Gasteiger partial charge < -0.3 is 29.6 Å². The van der Waals surface area contributed by atoms with Crippen molar-refractivity contribution in [2.75, 3.05) is 28.4 Å². The number of rotatable bonds is 28. The first-order valence-corrected chi connectivity index (χ1v) is 16.6. The van der Waals surface area contributed by atoms with Gasteiger partial charge in [-0.2, -0.15) is 0 Å². The molecule has 0 radical (unpaired) electrons. The van der Waals surface area contributed by atoms with Gasteiger partial charge in [0.25, 0.3) is 0 Å². The number of carbonyl (C=O) groups is 1. The summed E-state index contributed by atoms with van der Waals surface area (Å²) in [7, 11) is 6.91. The van der Waals surface area contributed by atoms with Crippen LogP contribution in [0.4, 0.5) is 4.79 Å². The first-order chi connectivity index (χ1) is 19.4. The van der Waals surface area contributed by atoms with Crippen LogP contribution in [0.15, 0.2) is 0 Å². The molecule has 0 aliphatic rings. The predicted molar refractivity (Wildman–Crippen MR) is 168 cm³/mol. The Balaban J connectivity index is 4.83. The molecule has 40 heavy (non-hydrogen) atoms. The molecular formula is C33H68N2O5. The van der Waals surface area contributed by atoms with E-state index in [4.69, 9.17) is 18.9 Å². The number of hydrogen-bond acceptors (Lipinski definition) is 5. The zero-order valence-electron chi connectivity index (χ0n) is 27.7. The number of amides is 2. The highest BCUT2D eigenvalue weighted by molar-refractivity contribution is 5.74. The van der Waals surface area contributed by atoms with Crippen molar-refractivity contribution in [3.8, 4) is 0 Å². The lowest BCUT2D eigenvalue weighted by Crippen LogP contribution is -2.46. The van der Waals surface area contributed by atoms with Gasteiger partial charge in [-0.25, -0.2) is 4.79 Å². The normalized spacial score (nSPS) is 14.8. The monoisotopic (exact) mass is 573 g/mol. The largest absolute Gasteiger partial charge is 0.356 e. The van der Waals surface area contributed by atoms with Crippen LogP contribution in [0.2, 0.25) is 0 Å². The molecule has 0 aromatic carbocycles. The van der Waals surface area contributed by atoms with Gasteiger partial charge in [0.2, 0.25) is 0 Å². The van der Waals surface area contributed by atoms with E-state index < -0.39 is 0 Å². The minimum absolute atomic E-state index is 0.0593. The Morgan fingerprint density at radius 2 is 0.850 bits per heavy atom. The van der Waals surface area contributed by atoms with Crippen LogP contribution in [0, 0.1) is 11.8 Å². The van der Waals surface area contributed by atoms with Gasteiger partial charge in [-0.1, -0.05) is 91.9 Å². The zero-order chi connectivity index (χ0) is 30.0. The lowest BCUT2D eigenvalue weighted by molar-refractivity contribution is -0.141. The molecule has 0 aromatic rings. The minimum Gasteiger partial charge on any atom is -0.356 e. The van der Waals surface area contributed by atoms with Gasteiger partial charge >= 0.3 is 6.03 Å². The van der Waals surface area contributed by atoms with E-state index in [2.05, 4.69) is 38.3 Å². The van der Waals surface area contributed by atoms with E-state index in [1.54, 1.807) is 28.4 Å². The second-order valence-electron chi connectivity index (χ2n) is 11.6. The molecule has 0 bridgehead atoms. The van der Waals surface area contributed by atoms with Crippen molar-refractivity contribution >= 4 is 6.03 Å². The van der Waals surface area contributed by atoms with Gasteiger partial charge in [0, 0.05) is 52.4 Å². The Morgan fingerprint density at radius 1 is 0.500 bits per heavy atom. The molecular weight excluding hydrogens is 504 g/mol. The maximum absolute atomic E-state index is 13.0. The van der Waals surface area contributed by atoms with Crippen LogP contribution < -0.4 is 10.6 Å². The highest BCUT2D eigenvalue weighted by Crippen LogP contribution is 2.25. The lowest BCUT2D eigenvalue weighted by Gasteiger charge is -2.28. The summed E-state index contributed by atoms with van der Waals surface area (Å²) in [6.45, 7) is 8.78. The number of hydrogen-bond donors (Lipinski definition) is 2. The van der Waals surface area contributed by atoms with Crippen LogP contribution in [0.3, 0.4) is 0 Å². The average molecular weight is 573 g/mol. The van der Waals surface area contributed by atoms with Gasteiger partial charge in [0.05, 0.1) is 0 Å². The molecule has 0 saturated heterocycles. The molecule has 2 amide bonds. The zero-order valence-corrected chi connectivity index (χ0v) is 27.7. The summed E-state index contributed by atoms with van der Waals surface area (Å²) in [6, 6.07) is 0.212. The summed E-state index contributed by atoms with van der Waals surface area (Å²) in [5, 5.41) is 6.50. The molecule has 0 aliphatic heterocycles. The van der Waals surface area contributed by atoms with Crippen LogP contribution in [0.1, 0.15) is 143 Å². The molecule has 0 fully saturated rings. The van der Waals surface area contributed by atoms with Crippen molar-refractivity contribution in [3.63, 3.8) is 0 Å². The third-order valence-corrected chi connectivity index (χ3v) is 8.48.